The maximum atomic E-state index is 9.23. The molecule has 0 bridgehead atoms. The lowest BCUT2D eigenvalue weighted by atomic mass is 9.91. The Labute approximate surface area is 130 Å². The molecule has 0 saturated heterocycles. The molecule has 0 radical (unpaired) electrons. The van der Waals surface area contributed by atoms with E-state index in [-0.39, 0.29) is 0 Å². The molecule has 0 aliphatic heterocycles. The Morgan fingerprint density at radius 2 is 1.95 bits per heavy atom. The van der Waals surface area contributed by atoms with Crippen LogP contribution >= 0.6 is 0 Å². The van der Waals surface area contributed by atoms with Crippen molar-refractivity contribution in [3.8, 4) is 17.6 Å². The molecule has 3 nitrogen and oxygen atoms in total. The zero-order valence-corrected chi connectivity index (χ0v) is 12.5. The number of rotatable bonds is 4. The Kier molecular flexibility index (Phi) is 4.11. The summed E-state index contributed by atoms with van der Waals surface area (Å²) < 4.78 is 11.4. The molecular weight excluding hydrogens is 274 g/mol. The van der Waals surface area contributed by atoms with Crippen LogP contribution in [0, 0.1) is 11.3 Å². The summed E-state index contributed by atoms with van der Waals surface area (Å²) in [5.41, 5.74) is 3.93. The van der Waals surface area contributed by atoms with Crippen LogP contribution in [0.5, 0.6) is 11.5 Å². The highest BCUT2D eigenvalue weighted by molar-refractivity contribution is 5.81. The molecule has 0 heterocycles. The topological polar surface area (TPSA) is 42.2 Å². The molecule has 0 amide bonds. The van der Waals surface area contributed by atoms with E-state index in [1.165, 1.54) is 0 Å². The van der Waals surface area contributed by atoms with Crippen LogP contribution in [-0.4, -0.2) is 7.11 Å². The summed E-state index contributed by atoms with van der Waals surface area (Å²) in [5, 5.41) is 9.23. The number of nitriles is 1. The maximum Gasteiger partial charge on any atom is 0.161 e. The lowest BCUT2D eigenvalue weighted by Crippen LogP contribution is -2.03. The minimum atomic E-state index is 0.497. The van der Waals surface area contributed by atoms with Gasteiger partial charge in [-0.3, -0.25) is 0 Å². The smallest absolute Gasteiger partial charge is 0.161 e. The summed E-state index contributed by atoms with van der Waals surface area (Å²) in [5.74, 6) is 1.39. The molecule has 1 aliphatic carbocycles. The van der Waals surface area contributed by atoms with E-state index in [2.05, 4.69) is 6.07 Å². The van der Waals surface area contributed by atoms with E-state index in [1.54, 1.807) is 7.11 Å². The van der Waals surface area contributed by atoms with Crippen LogP contribution in [0.25, 0.3) is 5.57 Å². The monoisotopic (exact) mass is 291 g/mol. The molecule has 2 aromatic rings. The van der Waals surface area contributed by atoms with Gasteiger partial charge in [-0.2, -0.15) is 5.26 Å². The van der Waals surface area contributed by atoms with Crippen molar-refractivity contribution in [2.45, 2.75) is 19.4 Å². The minimum Gasteiger partial charge on any atom is -0.493 e. The normalized spacial score (nSPS) is 12.8. The van der Waals surface area contributed by atoms with Crippen molar-refractivity contribution in [1.29, 1.82) is 5.26 Å². The van der Waals surface area contributed by atoms with Gasteiger partial charge in [-0.25, -0.2) is 0 Å². The van der Waals surface area contributed by atoms with Gasteiger partial charge in [-0.05, 0) is 41.7 Å². The number of aryl methyl sites for hydroxylation is 1. The first kappa shape index (κ1) is 14.2. The third kappa shape index (κ3) is 2.82. The minimum absolute atomic E-state index is 0.497. The summed E-state index contributed by atoms with van der Waals surface area (Å²) in [4.78, 5) is 0. The zero-order chi connectivity index (χ0) is 15.4. The third-order valence-corrected chi connectivity index (χ3v) is 3.80. The first-order valence-electron chi connectivity index (χ1n) is 7.30. The standard InChI is InChI=1S/C19H17NO2/c1-21-18-11-17-15(8-5-9-16(17)12-20)10-19(18)22-13-14-6-3-2-4-7-14/h2-4,6-7,9-11H,5,8,13H2,1H3. The van der Waals surface area contributed by atoms with E-state index < -0.39 is 0 Å². The predicted octanol–water partition coefficient (Wildman–Crippen LogP) is 4.13. The molecule has 0 N–H and O–H groups in total. The molecule has 110 valence electrons. The third-order valence-electron chi connectivity index (χ3n) is 3.80. The Morgan fingerprint density at radius 3 is 2.68 bits per heavy atom. The van der Waals surface area contributed by atoms with Crippen LogP contribution in [0.3, 0.4) is 0 Å². The van der Waals surface area contributed by atoms with E-state index in [9.17, 15) is 5.26 Å². The summed E-state index contributed by atoms with van der Waals surface area (Å²) in [7, 11) is 1.62. The number of hydrogen-bond acceptors (Lipinski definition) is 3. The fourth-order valence-electron chi connectivity index (χ4n) is 2.66. The van der Waals surface area contributed by atoms with Gasteiger partial charge >= 0.3 is 0 Å². The largest absolute Gasteiger partial charge is 0.493 e. The fraction of sp³-hybridized carbons (Fsp3) is 0.211. The number of benzene rings is 2. The van der Waals surface area contributed by atoms with Crippen LogP contribution in [0.2, 0.25) is 0 Å². The predicted molar refractivity (Wildman–Crippen MR) is 85.7 cm³/mol. The van der Waals surface area contributed by atoms with E-state index >= 15 is 0 Å². The van der Waals surface area contributed by atoms with E-state index in [0.29, 0.717) is 17.9 Å². The van der Waals surface area contributed by atoms with Crippen molar-refractivity contribution in [2.75, 3.05) is 7.11 Å². The lowest BCUT2D eigenvalue weighted by molar-refractivity contribution is 0.284. The molecule has 0 unspecified atom stereocenters. The van der Waals surface area contributed by atoms with Crippen molar-refractivity contribution in [1.82, 2.24) is 0 Å². The van der Waals surface area contributed by atoms with E-state index in [4.69, 9.17) is 9.47 Å². The summed E-state index contributed by atoms with van der Waals surface area (Å²) in [6.07, 6.45) is 3.79. The second-order valence-electron chi connectivity index (χ2n) is 5.20. The van der Waals surface area contributed by atoms with Gasteiger partial charge in [-0.1, -0.05) is 36.4 Å². The van der Waals surface area contributed by atoms with Gasteiger partial charge in [0.1, 0.15) is 6.61 Å². The zero-order valence-electron chi connectivity index (χ0n) is 12.5. The molecule has 0 saturated carbocycles. The Morgan fingerprint density at radius 1 is 1.14 bits per heavy atom. The number of hydrogen-bond donors (Lipinski definition) is 0. The quantitative estimate of drug-likeness (QED) is 0.850. The highest BCUT2D eigenvalue weighted by Crippen LogP contribution is 2.36. The van der Waals surface area contributed by atoms with Crippen molar-refractivity contribution in [3.63, 3.8) is 0 Å². The van der Waals surface area contributed by atoms with Crippen molar-refractivity contribution < 1.29 is 9.47 Å². The highest BCUT2D eigenvalue weighted by Gasteiger charge is 2.17. The van der Waals surface area contributed by atoms with Crippen LogP contribution in [0.4, 0.5) is 0 Å². The summed E-state index contributed by atoms with van der Waals surface area (Å²) in [6, 6.07) is 16.2. The van der Waals surface area contributed by atoms with Gasteiger partial charge in [0.25, 0.3) is 0 Å². The molecule has 3 rings (SSSR count). The molecule has 0 aromatic heterocycles. The van der Waals surface area contributed by atoms with Gasteiger partial charge in [0, 0.05) is 0 Å². The second-order valence-corrected chi connectivity index (χ2v) is 5.20. The van der Waals surface area contributed by atoms with E-state index in [1.807, 2.05) is 48.5 Å². The Balaban J connectivity index is 1.89. The van der Waals surface area contributed by atoms with Crippen molar-refractivity contribution in [2.24, 2.45) is 0 Å². The SMILES string of the molecule is COc1cc2c(cc1OCc1ccccc1)CCC=C2C#N. The van der Waals surface area contributed by atoms with Crippen molar-refractivity contribution in [3.05, 3.63) is 65.2 Å². The first-order valence-corrected chi connectivity index (χ1v) is 7.30. The average Bonchev–Trinajstić information content (AvgIpc) is 2.59. The first-order chi connectivity index (χ1) is 10.8. The average molecular weight is 291 g/mol. The van der Waals surface area contributed by atoms with Crippen LogP contribution in [-0.2, 0) is 13.0 Å². The number of allylic oxidation sites excluding steroid dienone is 2. The lowest BCUT2D eigenvalue weighted by Gasteiger charge is -2.18. The molecule has 0 fully saturated rings. The van der Waals surface area contributed by atoms with Crippen LogP contribution in [0.15, 0.2) is 48.5 Å². The van der Waals surface area contributed by atoms with Crippen molar-refractivity contribution >= 4 is 5.57 Å². The highest BCUT2D eigenvalue weighted by atomic mass is 16.5. The molecule has 3 heteroatoms. The van der Waals surface area contributed by atoms with Crippen LogP contribution < -0.4 is 9.47 Å². The number of methoxy groups -OCH3 is 1. The number of ether oxygens (including phenoxy) is 2. The molecule has 0 spiro atoms. The molecule has 0 atom stereocenters. The number of fused-ring (bicyclic) bond motifs is 1. The number of nitrogens with zero attached hydrogens (tertiary/aromatic N) is 1. The Bertz CT molecular complexity index is 742. The van der Waals surface area contributed by atoms with Crippen LogP contribution in [0.1, 0.15) is 23.1 Å². The fourth-order valence-corrected chi connectivity index (χ4v) is 2.66. The second kappa shape index (κ2) is 6.36. The van der Waals surface area contributed by atoms with E-state index in [0.717, 1.165) is 35.3 Å². The molecule has 2 aromatic carbocycles. The molecular formula is C19H17NO2. The Hall–Kier alpha value is -2.73. The van der Waals surface area contributed by atoms with Gasteiger partial charge in [0.15, 0.2) is 11.5 Å². The summed E-state index contributed by atoms with van der Waals surface area (Å²) >= 11 is 0. The van der Waals surface area contributed by atoms with Gasteiger partial charge < -0.3 is 9.47 Å². The van der Waals surface area contributed by atoms with Gasteiger partial charge in [0.05, 0.1) is 18.8 Å². The van der Waals surface area contributed by atoms with Gasteiger partial charge in [-0.15, -0.1) is 0 Å². The summed E-state index contributed by atoms with van der Waals surface area (Å²) in [6.45, 7) is 0.497. The van der Waals surface area contributed by atoms with Gasteiger partial charge in [0.2, 0.25) is 0 Å². The maximum absolute atomic E-state index is 9.23. The molecule has 22 heavy (non-hydrogen) atoms. The molecule has 1 aliphatic rings.